The van der Waals surface area contributed by atoms with Crippen LogP contribution in [0.1, 0.15) is 20.3 Å². The van der Waals surface area contributed by atoms with Gasteiger partial charge in [-0.2, -0.15) is 0 Å². The molecule has 0 radical (unpaired) electrons. The number of nitrogens with two attached hydrogens (primary N) is 1. The van der Waals surface area contributed by atoms with Crippen LogP contribution in [0.5, 0.6) is 5.75 Å². The zero-order valence-electron chi connectivity index (χ0n) is 13.3. The third-order valence-electron chi connectivity index (χ3n) is 3.33. The maximum absolute atomic E-state index is 12.5. The molecule has 1 unspecified atom stereocenters. The van der Waals surface area contributed by atoms with Crippen molar-refractivity contribution in [1.82, 2.24) is 4.72 Å². The Morgan fingerprint density at radius 1 is 1.17 bits per heavy atom. The summed E-state index contributed by atoms with van der Waals surface area (Å²) in [7, 11) is -3.58. The van der Waals surface area contributed by atoms with Gasteiger partial charge in [-0.05, 0) is 32.4 Å². The topological polar surface area (TPSA) is 81.4 Å². The smallest absolute Gasteiger partial charge is 0.241 e. The molecule has 0 aliphatic rings. The Kier molecular flexibility index (Phi) is 7.28. The lowest BCUT2D eigenvalue weighted by Crippen LogP contribution is -2.29. The van der Waals surface area contributed by atoms with E-state index in [1.807, 2.05) is 32.0 Å². The van der Waals surface area contributed by atoms with Crippen LogP contribution in [-0.4, -0.2) is 27.6 Å². The molecule has 23 heavy (non-hydrogen) atoms. The fourth-order valence-corrected chi connectivity index (χ4v) is 3.51. The molecule has 128 valence electrons. The van der Waals surface area contributed by atoms with Crippen molar-refractivity contribution in [3.8, 4) is 5.75 Å². The van der Waals surface area contributed by atoms with Gasteiger partial charge in [0.05, 0.1) is 11.5 Å². The van der Waals surface area contributed by atoms with E-state index in [9.17, 15) is 8.42 Å². The van der Waals surface area contributed by atoms with Gasteiger partial charge >= 0.3 is 0 Å². The van der Waals surface area contributed by atoms with Gasteiger partial charge in [0.25, 0.3) is 0 Å². The van der Waals surface area contributed by atoms with Crippen molar-refractivity contribution in [2.75, 3.05) is 13.2 Å². The van der Waals surface area contributed by atoms with E-state index in [0.717, 1.165) is 5.39 Å². The molecule has 0 heterocycles. The lowest BCUT2D eigenvalue weighted by atomic mass is 10.1. The second-order valence-corrected chi connectivity index (χ2v) is 6.94. The summed E-state index contributed by atoms with van der Waals surface area (Å²) in [5, 5.41) is 1.45. The van der Waals surface area contributed by atoms with E-state index >= 15 is 0 Å². The van der Waals surface area contributed by atoms with Crippen molar-refractivity contribution in [2.24, 2.45) is 5.73 Å². The van der Waals surface area contributed by atoms with E-state index in [-0.39, 0.29) is 23.3 Å². The summed E-state index contributed by atoms with van der Waals surface area (Å²) >= 11 is 0. The van der Waals surface area contributed by atoms with Crippen LogP contribution in [0.2, 0.25) is 0 Å². The maximum atomic E-state index is 12.5. The van der Waals surface area contributed by atoms with Gasteiger partial charge in [-0.15, -0.1) is 12.4 Å². The minimum atomic E-state index is -3.58. The highest BCUT2D eigenvalue weighted by Gasteiger charge is 2.18. The van der Waals surface area contributed by atoms with Crippen LogP contribution < -0.4 is 15.2 Å². The number of sulfonamides is 1. The second kappa shape index (κ2) is 8.49. The molecule has 0 saturated carbocycles. The van der Waals surface area contributed by atoms with Crippen LogP contribution in [0, 0.1) is 0 Å². The van der Waals surface area contributed by atoms with Crippen molar-refractivity contribution < 1.29 is 13.2 Å². The summed E-state index contributed by atoms with van der Waals surface area (Å²) in [5.74, 6) is 0.688. The lowest BCUT2D eigenvalue weighted by molar-refractivity contribution is 0.344. The number of fused-ring (bicyclic) bond motifs is 1. The average Bonchev–Trinajstić information content (AvgIpc) is 2.47. The van der Waals surface area contributed by atoms with Gasteiger partial charge in [0.1, 0.15) is 5.75 Å². The summed E-state index contributed by atoms with van der Waals surface area (Å²) < 4.78 is 33.2. The molecule has 0 fully saturated rings. The normalized spacial score (nSPS) is 12.7. The van der Waals surface area contributed by atoms with Crippen molar-refractivity contribution >= 4 is 33.2 Å². The molecule has 0 saturated heterocycles. The first-order chi connectivity index (χ1) is 10.5. The predicted octanol–water partition coefficient (Wildman–Crippen LogP) is 2.68. The number of hydrogen-bond acceptors (Lipinski definition) is 4. The second-order valence-electron chi connectivity index (χ2n) is 5.20. The Balaban J connectivity index is 0.00000264. The summed E-state index contributed by atoms with van der Waals surface area (Å²) in [4.78, 5) is 0.260. The monoisotopic (exact) mass is 358 g/mol. The number of halogens is 1. The number of benzene rings is 2. The maximum Gasteiger partial charge on any atom is 0.241 e. The summed E-state index contributed by atoms with van der Waals surface area (Å²) in [6.45, 7) is 4.60. The van der Waals surface area contributed by atoms with Crippen molar-refractivity contribution in [2.45, 2.75) is 31.2 Å². The van der Waals surface area contributed by atoms with Crippen molar-refractivity contribution in [3.63, 3.8) is 0 Å². The van der Waals surface area contributed by atoms with Gasteiger partial charge < -0.3 is 10.5 Å². The van der Waals surface area contributed by atoms with Crippen molar-refractivity contribution in [3.05, 3.63) is 36.4 Å². The van der Waals surface area contributed by atoms with E-state index < -0.39 is 10.0 Å². The fourth-order valence-electron chi connectivity index (χ4n) is 2.26. The van der Waals surface area contributed by atoms with Gasteiger partial charge in [-0.1, -0.05) is 24.3 Å². The highest BCUT2D eigenvalue weighted by atomic mass is 35.5. The molecule has 0 amide bonds. The highest BCUT2D eigenvalue weighted by molar-refractivity contribution is 7.89. The van der Waals surface area contributed by atoms with Gasteiger partial charge in [0, 0.05) is 23.4 Å². The third-order valence-corrected chi connectivity index (χ3v) is 4.84. The molecule has 0 aliphatic heterocycles. The average molecular weight is 359 g/mol. The first kappa shape index (κ1) is 19.7. The summed E-state index contributed by atoms with van der Waals surface area (Å²) in [6, 6.07) is 10.6. The predicted molar refractivity (Wildman–Crippen MR) is 95.8 cm³/mol. The van der Waals surface area contributed by atoms with Crippen LogP contribution in [0.3, 0.4) is 0 Å². The molecule has 2 rings (SSSR count). The van der Waals surface area contributed by atoms with Crippen LogP contribution in [0.4, 0.5) is 0 Å². The molecule has 3 N–H and O–H groups in total. The summed E-state index contributed by atoms with van der Waals surface area (Å²) in [6.07, 6.45) is 0.591. The SMILES string of the molecule is CCOc1ccc(S(=O)(=O)NCCC(C)N)c2ccccc12.Cl. The molecule has 0 bridgehead atoms. The zero-order chi connectivity index (χ0) is 16.2. The van der Waals surface area contributed by atoms with Crippen molar-refractivity contribution in [1.29, 1.82) is 0 Å². The molecular formula is C16H23ClN2O3S. The number of nitrogens with one attached hydrogen (secondary N) is 1. The Labute approximate surface area is 143 Å². The highest BCUT2D eigenvalue weighted by Crippen LogP contribution is 2.30. The van der Waals surface area contributed by atoms with E-state index in [1.165, 1.54) is 0 Å². The quantitative estimate of drug-likeness (QED) is 0.797. The molecule has 7 heteroatoms. The zero-order valence-corrected chi connectivity index (χ0v) is 14.9. The van der Waals surface area contributed by atoms with E-state index in [0.29, 0.717) is 30.7 Å². The third kappa shape index (κ3) is 4.81. The first-order valence-corrected chi connectivity index (χ1v) is 8.84. The molecule has 0 spiro atoms. The summed E-state index contributed by atoms with van der Waals surface area (Å²) in [5.41, 5.74) is 5.65. The van der Waals surface area contributed by atoms with Gasteiger partial charge in [0.15, 0.2) is 0 Å². The van der Waals surface area contributed by atoms with E-state index in [4.69, 9.17) is 10.5 Å². The minimum Gasteiger partial charge on any atom is -0.493 e. The molecule has 1 atom stereocenters. The van der Waals surface area contributed by atoms with Gasteiger partial charge in [0.2, 0.25) is 10.0 Å². The Morgan fingerprint density at radius 3 is 2.43 bits per heavy atom. The van der Waals surface area contributed by atoms with E-state index in [2.05, 4.69) is 4.72 Å². The number of rotatable bonds is 7. The Hall–Kier alpha value is -1.34. The molecule has 2 aromatic rings. The molecule has 2 aromatic carbocycles. The standard InChI is InChI=1S/C16H22N2O3S.ClH/c1-3-21-15-8-9-16(14-7-5-4-6-13(14)15)22(19,20)18-11-10-12(2)17;/h4-9,12,18H,3,10-11,17H2,1-2H3;1H. The number of hydrogen-bond donors (Lipinski definition) is 2. The first-order valence-electron chi connectivity index (χ1n) is 7.35. The minimum absolute atomic E-state index is 0. The van der Waals surface area contributed by atoms with Crippen LogP contribution in [-0.2, 0) is 10.0 Å². The molecule has 0 aromatic heterocycles. The van der Waals surface area contributed by atoms with E-state index in [1.54, 1.807) is 18.2 Å². The Bertz CT molecular complexity index is 748. The van der Waals surface area contributed by atoms with Crippen LogP contribution in [0.15, 0.2) is 41.3 Å². The van der Waals surface area contributed by atoms with Gasteiger partial charge in [-0.25, -0.2) is 13.1 Å². The lowest BCUT2D eigenvalue weighted by Gasteiger charge is -2.13. The Morgan fingerprint density at radius 2 is 1.83 bits per heavy atom. The largest absolute Gasteiger partial charge is 0.493 e. The van der Waals surface area contributed by atoms with Gasteiger partial charge in [-0.3, -0.25) is 0 Å². The van der Waals surface area contributed by atoms with Crippen LogP contribution in [0.25, 0.3) is 10.8 Å². The van der Waals surface area contributed by atoms with Crippen LogP contribution >= 0.6 is 12.4 Å². The number of ether oxygens (including phenoxy) is 1. The molecular weight excluding hydrogens is 336 g/mol. The molecule has 0 aliphatic carbocycles. The fraction of sp³-hybridized carbons (Fsp3) is 0.375. The molecule has 5 nitrogen and oxygen atoms in total.